The second kappa shape index (κ2) is 7.38. The van der Waals surface area contributed by atoms with E-state index in [-0.39, 0.29) is 0 Å². The molecule has 0 atom stereocenters. The minimum absolute atomic E-state index is 0.474. The Balaban J connectivity index is 1.59. The minimum Gasteiger partial charge on any atom is -0.491 e. The third-order valence-corrected chi connectivity index (χ3v) is 5.09. The maximum absolute atomic E-state index is 6.34. The highest BCUT2D eigenvalue weighted by Crippen LogP contribution is 2.33. The highest BCUT2D eigenvalue weighted by atomic mass is 16.5. The summed E-state index contributed by atoms with van der Waals surface area (Å²) in [5.74, 6) is 2.43. The molecule has 2 saturated carbocycles. The van der Waals surface area contributed by atoms with Crippen LogP contribution in [0.1, 0.15) is 89.9 Å². The topological polar surface area (TPSA) is 18.5 Å². The molecule has 0 aromatic heterocycles. The van der Waals surface area contributed by atoms with Crippen LogP contribution in [0.3, 0.4) is 0 Å². The first-order valence-electron chi connectivity index (χ1n) is 8.97. The van der Waals surface area contributed by atoms with Gasteiger partial charge in [-0.15, -0.1) is 0 Å². The van der Waals surface area contributed by atoms with E-state index in [4.69, 9.17) is 9.47 Å². The largest absolute Gasteiger partial charge is 0.491 e. The molecule has 0 N–H and O–H groups in total. The van der Waals surface area contributed by atoms with Crippen molar-refractivity contribution in [2.75, 3.05) is 0 Å². The monoisotopic (exact) mass is 278 g/mol. The molecule has 0 spiro atoms. The molecule has 20 heavy (non-hydrogen) atoms. The Kier molecular flexibility index (Phi) is 5.27. The van der Waals surface area contributed by atoms with E-state index in [0.717, 1.165) is 12.8 Å². The van der Waals surface area contributed by atoms with Crippen molar-refractivity contribution in [2.24, 2.45) is 0 Å². The van der Waals surface area contributed by atoms with Gasteiger partial charge in [0.15, 0.2) is 0 Å². The van der Waals surface area contributed by atoms with Crippen LogP contribution in [-0.2, 0) is 9.47 Å². The van der Waals surface area contributed by atoms with E-state index in [9.17, 15) is 0 Å². The third-order valence-electron chi connectivity index (χ3n) is 5.09. The SMILES string of the molecule is C1CCC(OC2=C(OC3CCCCC3)CCCC2)CC1. The van der Waals surface area contributed by atoms with E-state index < -0.39 is 0 Å². The van der Waals surface area contributed by atoms with Gasteiger partial charge in [-0.2, -0.15) is 0 Å². The molecule has 0 aliphatic heterocycles. The van der Waals surface area contributed by atoms with E-state index >= 15 is 0 Å². The second-order valence-electron chi connectivity index (χ2n) is 6.81. The van der Waals surface area contributed by atoms with Crippen molar-refractivity contribution >= 4 is 0 Å². The van der Waals surface area contributed by atoms with E-state index in [1.54, 1.807) is 0 Å². The minimum atomic E-state index is 0.474. The maximum atomic E-state index is 6.34. The molecule has 114 valence electrons. The van der Waals surface area contributed by atoms with Gasteiger partial charge >= 0.3 is 0 Å². The summed E-state index contributed by atoms with van der Waals surface area (Å²) < 4.78 is 12.7. The van der Waals surface area contributed by atoms with Crippen LogP contribution >= 0.6 is 0 Å². The Morgan fingerprint density at radius 1 is 0.500 bits per heavy atom. The quantitative estimate of drug-likeness (QED) is 0.678. The molecule has 2 nitrogen and oxygen atoms in total. The summed E-state index contributed by atoms with van der Waals surface area (Å²) >= 11 is 0. The molecule has 2 heteroatoms. The fraction of sp³-hybridized carbons (Fsp3) is 0.889. The van der Waals surface area contributed by atoms with Gasteiger partial charge < -0.3 is 9.47 Å². The first-order chi connectivity index (χ1) is 9.92. The predicted molar refractivity (Wildman–Crippen MR) is 81.4 cm³/mol. The molecule has 2 fully saturated rings. The van der Waals surface area contributed by atoms with Gasteiger partial charge in [0, 0.05) is 12.8 Å². The zero-order valence-corrected chi connectivity index (χ0v) is 12.9. The van der Waals surface area contributed by atoms with Crippen LogP contribution in [0.5, 0.6) is 0 Å². The number of allylic oxidation sites excluding steroid dienone is 2. The van der Waals surface area contributed by atoms with Gasteiger partial charge in [0.1, 0.15) is 11.5 Å². The molecular formula is C18H30O2. The molecular weight excluding hydrogens is 248 g/mol. The summed E-state index contributed by atoms with van der Waals surface area (Å²) in [6.45, 7) is 0. The fourth-order valence-electron chi connectivity index (χ4n) is 3.87. The standard InChI is InChI=1S/C18H30O2/c1-3-9-15(10-4-1)19-17-13-7-8-14-18(17)20-16-11-5-2-6-12-16/h15-16H,1-14H2. The van der Waals surface area contributed by atoms with Gasteiger partial charge in [-0.25, -0.2) is 0 Å². The molecule has 0 saturated heterocycles. The molecule has 3 rings (SSSR count). The molecule has 0 unspecified atom stereocenters. The molecule has 0 aromatic carbocycles. The molecule has 3 aliphatic rings. The summed E-state index contributed by atoms with van der Waals surface area (Å²) in [7, 11) is 0. The molecule has 0 bridgehead atoms. The molecule has 0 aromatic rings. The van der Waals surface area contributed by atoms with Crippen LogP contribution in [0.15, 0.2) is 11.5 Å². The summed E-state index contributed by atoms with van der Waals surface area (Å²) in [6, 6.07) is 0. The van der Waals surface area contributed by atoms with Gasteiger partial charge in [-0.1, -0.05) is 12.8 Å². The molecule has 0 radical (unpaired) electrons. The van der Waals surface area contributed by atoms with Crippen molar-refractivity contribution < 1.29 is 9.47 Å². The number of hydrogen-bond acceptors (Lipinski definition) is 2. The van der Waals surface area contributed by atoms with Crippen molar-refractivity contribution in [1.29, 1.82) is 0 Å². The lowest BCUT2D eigenvalue weighted by molar-refractivity contribution is 0.0268. The van der Waals surface area contributed by atoms with Crippen LogP contribution in [0.4, 0.5) is 0 Å². The Hall–Kier alpha value is -0.660. The average molecular weight is 278 g/mol. The van der Waals surface area contributed by atoms with E-state index in [0.29, 0.717) is 12.2 Å². The number of rotatable bonds is 4. The lowest BCUT2D eigenvalue weighted by Gasteiger charge is -2.31. The first kappa shape index (κ1) is 14.3. The normalized spacial score (nSPS) is 26.6. The van der Waals surface area contributed by atoms with Crippen LogP contribution in [0.25, 0.3) is 0 Å². The predicted octanol–water partition coefficient (Wildman–Crippen LogP) is 5.47. The van der Waals surface area contributed by atoms with Crippen molar-refractivity contribution in [3.05, 3.63) is 11.5 Å². The lowest BCUT2D eigenvalue weighted by atomic mass is 9.96. The average Bonchev–Trinajstić information content (AvgIpc) is 2.51. The Morgan fingerprint density at radius 2 is 0.900 bits per heavy atom. The number of ether oxygens (including phenoxy) is 2. The summed E-state index contributed by atoms with van der Waals surface area (Å²) in [5, 5.41) is 0. The highest BCUT2D eigenvalue weighted by molar-refractivity contribution is 5.06. The van der Waals surface area contributed by atoms with Gasteiger partial charge in [0.05, 0.1) is 12.2 Å². The van der Waals surface area contributed by atoms with Crippen molar-refractivity contribution in [3.8, 4) is 0 Å². The smallest absolute Gasteiger partial charge is 0.134 e. The van der Waals surface area contributed by atoms with Gasteiger partial charge in [0.25, 0.3) is 0 Å². The fourth-order valence-corrected chi connectivity index (χ4v) is 3.87. The summed E-state index contributed by atoms with van der Waals surface area (Å²) in [6.07, 6.45) is 18.9. The zero-order chi connectivity index (χ0) is 13.6. The van der Waals surface area contributed by atoms with Crippen LogP contribution < -0.4 is 0 Å². The van der Waals surface area contributed by atoms with Gasteiger partial charge in [-0.3, -0.25) is 0 Å². The summed E-state index contributed by atoms with van der Waals surface area (Å²) in [4.78, 5) is 0. The maximum Gasteiger partial charge on any atom is 0.134 e. The van der Waals surface area contributed by atoms with Crippen LogP contribution in [-0.4, -0.2) is 12.2 Å². The third kappa shape index (κ3) is 3.93. The first-order valence-corrected chi connectivity index (χ1v) is 8.97. The van der Waals surface area contributed by atoms with Crippen LogP contribution in [0, 0.1) is 0 Å². The van der Waals surface area contributed by atoms with Crippen molar-refractivity contribution in [3.63, 3.8) is 0 Å². The molecule has 0 amide bonds. The zero-order valence-electron chi connectivity index (χ0n) is 12.9. The van der Waals surface area contributed by atoms with Crippen molar-refractivity contribution in [1.82, 2.24) is 0 Å². The summed E-state index contributed by atoms with van der Waals surface area (Å²) in [5.41, 5.74) is 0. The Morgan fingerprint density at radius 3 is 1.30 bits per heavy atom. The number of hydrogen-bond donors (Lipinski definition) is 0. The van der Waals surface area contributed by atoms with Gasteiger partial charge in [0.2, 0.25) is 0 Å². The second-order valence-corrected chi connectivity index (χ2v) is 6.81. The van der Waals surface area contributed by atoms with E-state index in [2.05, 4.69) is 0 Å². The lowest BCUT2D eigenvalue weighted by Crippen LogP contribution is -2.22. The van der Waals surface area contributed by atoms with E-state index in [1.165, 1.54) is 88.6 Å². The Labute approximate surface area is 123 Å². The molecule has 0 heterocycles. The van der Waals surface area contributed by atoms with Crippen LogP contribution in [0.2, 0.25) is 0 Å². The van der Waals surface area contributed by atoms with E-state index in [1.807, 2.05) is 0 Å². The highest BCUT2D eigenvalue weighted by Gasteiger charge is 2.24. The Bertz CT molecular complexity index is 290. The molecule has 3 aliphatic carbocycles. The van der Waals surface area contributed by atoms with Gasteiger partial charge in [-0.05, 0) is 64.2 Å². The van der Waals surface area contributed by atoms with Crippen molar-refractivity contribution in [2.45, 2.75) is 102 Å².